The Morgan fingerprint density at radius 1 is 0.297 bits per heavy atom. The van der Waals surface area contributed by atoms with E-state index in [1.54, 1.807) is 0 Å². The normalized spacial score (nSPS) is 11.4. The predicted molar refractivity (Wildman–Crippen MR) is 272 cm³/mol. The van der Waals surface area contributed by atoms with E-state index in [1.165, 1.54) is 82.3 Å². The molecule has 0 fully saturated rings. The maximum Gasteiger partial charge on any atom is 0.0619 e. The molecule has 0 saturated heterocycles. The van der Waals surface area contributed by atoms with Crippen LogP contribution in [0, 0.1) is 0 Å². The summed E-state index contributed by atoms with van der Waals surface area (Å²) in [7, 11) is 0. The van der Waals surface area contributed by atoms with Gasteiger partial charge >= 0.3 is 0 Å². The lowest BCUT2D eigenvalue weighted by Gasteiger charge is -2.28. The minimum Gasteiger partial charge on any atom is -0.310 e. The minimum atomic E-state index is 1.08. The van der Waals surface area contributed by atoms with Gasteiger partial charge in [0.05, 0.1) is 16.7 Å². The van der Waals surface area contributed by atoms with Gasteiger partial charge in [-0.05, 0) is 110 Å². The standard InChI is InChI=1S/C62H42N2/c1-4-17-44(18-5-1)55-27-12-13-31-59(55)63(51-38-35-43(36-39-51)47-37-40-54-49(41-47)34-33-46-21-10-11-26-53(46)54)52-25-14-22-48(42-52)56-28-16-32-60-61(56)58-30-15-29-57(45-19-6-2-7-20-45)62(58)64(60)50-23-8-3-9-24-50/h1-42H. The van der Waals surface area contributed by atoms with E-state index in [-0.39, 0.29) is 0 Å². The van der Waals surface area contributed by atoms with Crippen LogP contribution in [0.3, 0.4) is 0 Å². The van der Waals surface area contributed by atoms with Crippen molar-refractivity contribution < 1.29 is 0 Å². The lowest BCUT2D eigenvalue weighted by molar-refractivity contribution is 1.18. The van der Waals surface area contributed by atoms with E-state index in [2.05, 4.69) is 264 Å². The lowest BCUT2D eigenvalue weighted by atomic mass is 9.96. The second-order valence-electron chi connectivity index (χ2n) is 16.5. The zero-order valence-corrected chi connectivity index (χ0v) is 35.1. The highest BCUT2D eigenvalue weighted by atomic mass is 15.1. The van der Waals surface area contributed by atoms with Crippen molar-refractivity contribution in [2.75, 3.05) is 4.90 Å². The number of nitrogens with zero attached hydrogens (tertiary/aromatic N) is 2. The number of rotatable bonds is 8. The number of hydrogen-bond donors (Lipinski definition) is 0. The van der Waals surface area contributed by atoms with Crippen molar-refractivity contribution >= 4 is 60.4 Å². The molecule has 0 bridgehead atoms. The van der Waals surface area contributed by atoms with Gasteiger partial charge in [0.15, 0.2) is 0 Å². The fourth-order valence-electron chi connectivity index (χ4n) is 9.82. The predicted octanol–water partition coefficient (Wildman–Crippen LogP) is 17.2. The van der Waals surface area contributed by atoms with Gasteiger partial charge in [0, 0.05) is 39.0 Å². The first-order valence-electron chi connectivity index (χ1n) is 22.0. The zero-order chi connectivity index (χ0) is 42.4. The molecule has 12 rings (SSSR count). The second kappa shape index (κ2) is 15.8. The minimum absolute atomic E-state index is 1.08. The van der Waals surface area contributed by atoms with Crippen molar-refractivity contribution in [2.24, 2.45) is 0 Å². The highest BCUT2D eigenvalue weighted by Crippen LogP contribution is 2.45. The summed E-state index contributed by atoms with van der Waals surface area (Å²) in [6.07, 6.45) is 0. The third-order valence-electron chi connectivity index (χ3n) is 12.8. The monoisotopic (exact) mass is 814 g/mol. The first-order chi connectivity index (χ1) is 31.8. The summed E-state index contributed by atoms with van der Waals surface area (Å²) in [6, 6.07) is 92.7. The van der Waals surface area contributed by atoms with Crippen molar-refractivity contribution in [2.45, 2.75) is 0 Å². The number of aromatic nitrogens is 1. The topological polar surface area (TPSA) is 8.17 Å². The van der Waals surface area contributed by atoms with Crippen LogP contribution in [-0.2, 0) is 0 Å². The number of anilines is 3. The van der Waals surface area contributed by atoms with Crippen LogP contribution in [0.2, 0.25) is 0 Å². The van der Waals surface area contributed by atoms with Crippen LogP contribution in [-0.4, -0.2) is 4.57 Å². The van der Waals surface area contributed by atoms with Gasteiger partial charge in [0.25, 0.3) is 0 Å². The molecule has 0 amide bonds. The van der Waals surface area contributed by atoms with Gasteiger partial charge in [-0.25, -0.2) is 0 Å². The summed E-state index contributed by atoms with van der Waals surface area (Å²) >= 11 is 0. The number of hydrogen-bond acceptors (Lipinski definition) is 1. The Labute approximate surface area is 373 Å². The molecule has 300 valence electrons. The van der Waals surface area contributed by atoms with Crippen LogP contribution in [0.25, 0.3) is 93.5 Å². The van der Waals surface area contributed by atoms with Gasteiger partial charge < -0.3 is 9.47 Å². The Morgan fingerprint density at radius 3 is 1.69 bits per heavy atom. The maximum absolute atomic E-state index is 2.45. The Morgan fingerprint density at radius 2 is 0.875 bits per heavy atom. The molecule has 0 aliphatic rings. The molecule has 2 heteroatoms. The maximum atomic E-state index is 2.45. The van der Waals surface area contributed by atoms with Crippen LogP contribution in [0.4, 0.5) is 17.1 Å². The fourth-order valence-corrected chi connectivity index (χ4v) is 9.82. The third kappa shape index (κ3) is 6.44. The van der Waals surface area contributed by atoms with Crippen LogP contribution in [0.15, 0.2) is 255 Å². The van der Waals surface area contributed by atoms with E-state index in [0.717, 1.165) is 28.3 Å². The van der Waals surface area contributed by atoms with Gasteiger partial charge in [-0.3, -0.25) is 0 Å². The summed E-state index contributed by atoms with van der Waals surface area (Å²) in [5, 5.41) is 7.53. The molecule has 0 spiro atoms. The van der Waals surface area contributed by atoms with Gasteiger partial charge in [-0.1, -0.05) is 200 Å². The largest absolute Gasteiger partial charge is 0.310 e. The van der Waals surface area contributed by atoms with Crippen LogP contribution in [0.1, 0.15) is 0 Å². The average Bonchev–Trinajstić information content (AvgIpc) is 3.72. The zero-order valence-electron chi connectivity index (χ0n) is 35.1. The summed E-state index contributed by atoms with van der Waals surface area (Å²) < 4.78 is 2.45. The summed E-state index contributed by atoms with van der Waals surface area (Å²) in [6.45, 7) is 0. The van der Waals surface area contributed by atoms with Crippen LogP contribution >= 0.6 is 0 Å². The van der Waals surface area contributed by atoms with Gasteiger partial charge in [0.1, 0.15) is 0 Å². The van der Waals surface area contributed by atoms with Gasteiger partial charge in [0.2, 0.25) is 0 Å². The summed E-state index contributed by atoms with van der Waals surface area (Å²) in [5.74, 6) is 0. The SMILES string of the molecule is c1ccc(-c2ccccc2N(c2ccc(-c3ccc4c(ccc5ccccc54)c3)cc2)c2cccc(-c3cccc4c3c3cccc(-c5ccccc5)c3n4-c3ccccc3)c2)cc1. The summed E-state index contributed by atoms with van der Waals surface area (Å²) in [5.41, 5.74) is 16.3. The molecule has 2 nitrogen and oxygen atoms in total. The molecule has 12 aromatic rings. The molecule has 0 N–H and O–H groups in total. The van der Waals surface area contributed by atoms with Gasteiger partial charge in [-0.2, -0.15) is 0 Å². The Hall–Kier alpha value is -8.46. The molecule has 11 aromatic carbocycles. The molecular formula is C62H42N2. The lowest BCUT2D eigenvalue weighted by Crippen LogP contribution is -2.11. The Balaban J connectivity index is 1.03. The van der Waals surface area contributed by atoms with E-state index < -0.39 is 0 Å². The van der Waals surface area contributed by atoms with Crippen molar-refractivity contribution in [3.63, 3.8) is 0 Å². The van der Waals surface area contributed by atoms with Crippen molar-refractivity contribution in [3.05, 3.63) is 255 Å². The molecule has 0 unspecified atom stereocenters. The molecule has 0 aliphatic heterocycles. The molecule has 1 heterocycles. The van der Waals surface area contributed by atoms with Crippen LogP contribution in [0.5, 0.6) is 0 Å². The number of benzene rings is 11. The number of fused-ring (bicyclic) bond motifs is 6. The number of para-hydroxylation sites is 3. The van der Waals surface area contributed by atoms with Crippen LogP contribution < -0.4 is 4.90 Å². The molecule has 0 radical (unpaired) electrons. The van der Waals surface area contributed by atoms with E-state index >= 15 is 0 Å². The quantitative estimate of drug-likeness (QED) is 0.139. The first-order valence-corrected chi connectivity index (χ1v) is 22.0. The molecule has 0 aliphatic carbocycles. The molecular weight excluding hydrogens is 773 g/mol. The highest BCUT2D eigenvalue weighted by molar-refractivity contribution is 6.19. The van der Waals surface area contributed by atoms with E-state index in [0.29, 0.717) is 0 Å². The van der Waals surface area contributed by atoms with E-state index in [4.69, 9.17) is 0 Å². The second-order valence-corrected chi connectivity index (χ2v) is 16.5. The molecule has 1 aromatic heterocycles. The third-order valence-corrected chi connectivity index (χ3v) is 12.8. The Kier molecular flexibility index (Phi) is 9.20. The van der Waals surface area contributed by atoms with Crippen molar-refractivity contribution in [1.82, 2.24) is 4.57 Å². The smallest absolute Gasteiger partial charge is 0.0619 e. The summed E-state index contributed by atoms with van der Waals surface area (Å²) in [4.78, 5) is 2.42. The van der Waals surface area contributed by atoms with E-state index in [1.807, 2.05) is 0 Å². The van der Waals surface area contributed by atoms with Gasteiger partial charge in [-0.15, -0.1) is 0 Å². The van der Waals surface area contributed by atoms with Crippen molar-refractivity contribution in [3.8, 4) is 50.2 Å². The Bertz CT molecular complexity index is 3640. The first kappa shape index (κ1) is 37.3. The highest BCUT2D eigenvalue weighted by Gasteiger charge is 2.22. The molecule has 0 atom stereocenters. The fraction of sp³-hybridized carbons (Fsp3) is 0. The van der Waals surface area contributed by atoms with Crippen molar-refractivity contribution in [1.29, 1.82) is 0 Å². The molecule has 0 saturated carbocycles. The van der Waals surface area contributed by atoms with E-state index in [9.17, 15) is 0 Å². The average molecular weight is 815 g/mol. The molecule has 64 heavy (non-hydrogen) atoms.